The number of aromatic nitrogens is 1. The summed E-state index contributed by atoms with van der Waals surface area (Å²) in [5, 5.41) is 15.9. The SMILES string of the molecule is CCN(CC(=O)O)C1CC(NC(=O)Nc2ccc3ccn(C)c3c2)C1. The number of aliphatic carboxylic acids is 1. The van der Waals surface area contributed by atoms with Crippen molar-refractivity contribution in [1.29, 1.82) is 0 Å². The smallest absolute Gasteiger partial charge is 0.319 e. The topological polar surface area (TPSA) is 86.6 Å². The maximum atomic E-state index is 12.2. The second kappa shape index (κ2) is 7.14. The number of likely N-dealkylation sites (N-methyl/N-ethyl adjacent to an activating group) is 1. The van der Waals surface area contributed by atoms with Gasteiger partial charge in [0, 0.05) is 36.5 Å². The van der Waals surface area contributed by atoms with E-state index in [1.165, 1.54) is 0 Å². The fourth-order valence-electron chi connectivity index (χ4n) is 3.37. The summed E-state index contributed by atoms with van der Waals surface area (Å²) < 4.78 is 2.01. The maximum Gasteiger partial charge on any atom is 0.319 e. The van der Waals surface area contributed by atoms with E-state index in [0.29, 0.717) is 6.54 Å². The van der Waals surface area contributed by atoms with Crippen LogP contribution in [0.25, 0.3) is 10.9 Å². The Bertz CT molecular complexity index is 780. The Hall–Kier alpha value is -2.54. The molecule has 7 nitrogen and oxygen atoms in total. The van der Waals surface area contributed by atoms with Gasteiger partial charge in [-0.05, 0) is 43.0 Å². The summed E-state index contributed by atoms with van der Waals surface area (Å²) in [6, 6.07) is 7.94. The number of rotatable bonds is 6. The van der Waals surface area contributed by atoms with Crippen LogP contribution in [-0.4, -0.2) is 51.7 Å². The Morgan fingerprint density at radius 2 is 2.08 bits per heavy atom. The van der Waals surface area contributed by atoms with Gasteiger partial charge in [0.05, 0.1) is 6.54 Å². The van der Waals surface area contributed by atoms with Crippen LogP contribution in [0.5, 0.6) is 0 Å². The van der Waals surface area contributed by atoms with Crippen LogP contribution in [0.15, 0.2) is 30.5 Å². The number of anilines is 1. The number of nitrogens with one attached hydrogen (secondary N) is 2. The van der Waals surface area contributed by atoms with Crippen molar-refractivity contribution in [3.8, 4) is 0 Å². The average Bonchev–Trinajstić information content (AvgIpc) is 2.89. The van der Waals surface area contributed by atoms with Crippen LogP contribution in [0.2, 0.25) is 0 Å². The Kier molecular flexibility index (Phi) is 4.94. The van der Waals surface area contributed by atoms with Gasteiger partial charge < -0.3 is 20.3 Å². The third-order valence-corrected chi connectivity index (χ3v) is 4.86. The van der Waals surface area contributed by atoms with E-state index >= 15 is 0 Å². The summed E-state index contributed by atoms with van der Waals surface area (Å²) in [6.45, 7) is 2.71. The monoisotopic (exact) mass is 344 g/mol. The van der Waals surface area contributed by atoms with Crippen molar-refractivity contribution >= 4 is 28.6 Å². The fourth-order valence-corrected chi connectivity index (χ4v) is 3.37. The molecular formula is C18H24N4O3. The van der Waals surface area contributed by atoms with Gasteiger partial charge in [0.15, 0.2) is 0 Å². The first-order valence-electron chi connectivity index (χ1n) is 8.54. The largest absolute Gasteiger partial charge is 0.480 e. The lowest BCUT2D eigenvalue weighted by atomic mass is 9.85. The van der Waals surface area contributed by atoms with Crippen molar-refractivity contribution < 1.29 is 14.7 Å². The molecule has 0 atom stereocenters. The van der Waals surface area contributed by atoms with Gasteiger partial charge in [-0.3, -0.25) is 9.69 Å². The van der Waals surface area contributed by atoms with Gasteiger partial charge in [-0.2, -0.15) is 0 Å². The van der Waals surface area contributed by atoms with E-state index in [1.54, 1.807) is 0 Å². The Labute approximate surface area is 146 Å². The number of carbonyl (C=O) groups excluding carboxylic acids is 1. The molecule has 0 saturated heterocycles. The Morgan fingerprint density at radius 1 is 1.32 bits per heavy atom. The van der Waals surface area contributed by atoms with Gasteiger partial charge >= 0.3 is 12.0 Å². The Morgan fingerprint density at radius 3 is 2.76 bits per heavy atom. The number of amides is 2. The lowest BCUT2D eigenvalue weighted by Crippen LogP contribution is -2.55. The highest BCUT2D eigenvalue weighted by molar-refractivity contribution is 5.93. The molecule has 7 heteroatoms. The van der Waals surface area contributed by atoms with Crippen molar-refractivity contribution in [1.82, 2.24) is 14.8 Å². The molecule has 1 aromatic carbocycles. The van der Waals surface area contributed by atoms with Crippen LogP contribution < -0.4 is 10.6 Å². The standard InChI is InChI=1S/C18H24N4O3/c1-3-22(11-17(23)24)15-8-14(9-15)20-18(25)19-13-5-4-12-6-7-21(2)16(12)10-13/h4-7,10,14-15H,3,8-9,11H2,1-2H3,(H,23,24)(H2,19,20,25). The zero-order valence-electron chi connectivity index (χ0n) is 14.5. The number of aryl methyl sites for hydroxylation is 1. The van der Waals surface area contributed by atoms with Gasteiger partial charge in [0.25, 0.3) is 0 Å². The number of nitrogens with zero attached hydrogens (tertiary/aromatic N) is 2. The van der Waals surface area contributed by atoms with Crippen LogP contribution in [0.3, 0.4) is 0 Å². The average molecular weight is 344 g/mol. The van der Waals surface area contributed by atoms with Crippen molar-refractivity contribution in [2.24, 2.45) is 7.05 Å². The first kappa shape index (κ1) is 17.3. The van der Waals surface area contributed by atoms with Crippen molar-refractivity contribution in [3.05, 3.63) is 30.5 Å². The Balaban J connectivity index is 1.50. The molecule has 0 radical (unpaired) electrons. The molecule has 1 aliphatic rings. The predicted octanol–water partition coefficient (Wildman–Crippen LogP) is 2.24. The molecule has 2 aromatic rings. The second-order valence-corrected chi connectivity index (χ2v) is 6.58. The summed E-state index contributed by atoms with van der Waals surface area (Å²) in [5.74, 6) is -0.813. The molecule has 0 bridgehead atoms. The molecule has 1 saturated carbocycles. The molecule has 1 aromatic heterocycles. The zero-order chi connectivity index (χ0) is 18.0. The molecule has 1 heterocycles. The lowest BCUT2D eigenvalue weighted by Gasteiger charge is -2.42. The number of fused-ring (bicyclic) bond motifs is 1. The van der Waals surface area contributed by atoms with Gasteiger partial charge in [-0.1, -0.05) is 13.0 Å². The number of carboxylic acid groups (broad SMARTS) is 1. The van der Waals surface area contributed by atoms with E-state index in [9.17, 15) is 9.59 Å². The number of carbonyl (C=O) groups is 2. The van der Waals surface area contributed by atoms with Crippen LogP contribution in [0, 0.1) is 0 Å². The number of hydrogen-bond donors (Lipinski definition) is 3. The summed E-state index contributed by atoms with van der Waals surface area (Å²) >= 11 is 0. The predicted molar refractivity (Wildman–Crippen MR) is 96.8 cm³/mol. The quantitative estimate of drug-likeness (QED) is 0.750. The van der Waals surface area contributed by atoms with Crippen LogP contribution in [-0.2, 0) is 11.8 Å². The van der Waals surface area contributed by atoms with Crippen LogP contribution in [0.1, 0.15) is 19.8 Å². The van der Waals surface area contributed by atoms with Crippen molar-refractivity contribution in [2.75, 3.05) is 18.4 Å². The molecule has 3 N–H and O–H groups in total. The molecule has 3 rings (SSSR count). The summed E-state index contributed by atoms with van der Waals surface area (Å²) in [5.41, 5.74) is 1.82. The fraction of sp³-hybridized carbons (Fsp3) is 0.444. The molecule has 0 spiro atoms. The van der Waals surface area contributed by atoms with E-state index in [-0.39, 0.29) is 24.7 Å². The highest BCUT2D eigenvalue weighted by Gasteiger charge is 2.34. The molecule has 0 aliphatic heterocycles. The molecule has 2 amide bonds. The lowest BCUT2D eigenvalue weighted by molar-refractivity contribution is -0.139. The molecular weight excluding hydrogens is 320 g/mol. The number of benzene rings is 1. The molecule has 0 unspecified atom stereocenters. The number of hydrogen-bond acceptors (Lipinski definition) is 3. The number of urea groups is 1. The summed E-state index contributed by atoms with van der Waals surface area (Å²) in [7, 11) is 1.97. The highest BCUT2D eigenvalue weighted by Crippen LogP contribution is 2.26. The molecule has 134 valence electrons. The van der Waals surface area contributed by atoms with Crippen molar-refractivity contribution in [2.45, 2.75) is 31.8 Å². The van der Waals surface area contributed by atoms with Crippen LogP contribution in [0.4, 0.5) is 10.5 Å². The first-order valence-corrected chi connectivity index (χ1v) is 8.54. The zero-order valence-corrected chi connectivity index (χ0v) is 14.5. The van der Waals surface area contributed by atoms with Gasteiger partial charge in [-0.15, -0.1) is 0 Å². The molecule has 25 heavy (non-hydrogen) atoms. The van der Waals surface area contributed by atoms with Crippen molar-refractivity contribution in [3.63, 3.8) is 0 Å². The van der Waals surface area contributed by atoms with E-state index in [1.807, 2.05) is 53.9 Å². The van der Waals surface area contributed by atoms with E-state index in [0.717, 1.165) is 29.4 Å². The summed E-state index contributed by atoms with van der Waals surface area (Å²) in [4.78, 5) is 24.9. The first-order chi connectivity index (χ1) is 12.0. The van der Waals surface area contributed by atoms with Gasteiger partial charge in [0.2, 0.25) is 0 Å². The van der Waals surface area contributed by atoms with Gasteiger partial charge in [0.1, 0.15) is 0 Å². The second-order valence-electron chi connectivity index (χ2n) is 6.58. The number of carboxylic acids is 1. The molecule has 1 fully saturated rings. The van der Waals surface area contributed by atoms with E-state index in [4.69, 9.17) is 5.11 Å². The third kappa shape index (κ3) is 3.93. The minimum Gasteiger partial charge on any atom is -0.480 e. The minimum atomic E-state index is -0.813. The van der Waals surface area contributed by atoms with E-state index < -0.39 is 5.97 Å². The third-order valence-electron chi connectivity index (χ3n) is 4.86. The van der Waals surface area contributed by atoms with Gasteiger partial charge in [-0.25, -0.2) is 4.79 Å². The van der Waals surface area contributed by atoms with Crippen LogP contribution >= 0.6 is 0 Å². The van der Waals surface area contributed by atoms with E-state index in [2.05, 4.69) is 10.6 Å². The maximum absolute atomic E-state index is 12.2. The summed E-state index contributed by atoms with van der Waals surface area (Å²) in [6.07, 6.45) is 3.55. The molecule has 1 aliphatic carbocycles. The minimum absolute atomic E-state index is 0.0523. The highest BCUT2D eigenvalue weighted by atomic mass is 16.4. The normalized spacial score (nSPS) is 19.6.